The number of benzene rings is 1. The summed E-state index contributed by atoms with van der Waals surface area (Å²) >= 11 is 0. The lowest BCUT2D eigenvalue weighted by Gasteiger charge is -2.23. The fourth-order valence-corrected chi connectivity index (χ4v) is 5.09. The van der Waals surface area contributed by atoms with E-state index in [2.05, 4.69) is 18.8 Å². The highest BCUT2D eigenvalue weighted by atomic mass is 32.2. The highest BCUT2D eigenvalue weighted by molar-refractivity contribution is 7.91. The van der Waals surface area contributed by atoms with E-state index >= 15 is 0 Å². The molecular weight excluding hydrogens is 326 g/mol. The van der Waals surface area contributed by atoms with Crippen molar-refractivity contribution in [1.29, 1.82) is 0 Å². The summed E-state index contributed by atoms with van der Waals surface area (Å²) in [7, 11) is 0.638. The van der Waals surface area contributed by atoms with Gasteiger partial charge in [0.1, 0.15) is 5.82 Å². The van der Waals surface area contributed by atoms with E-state index in [4.69, 9.17) is 0 Å². The van der Waals surface area contributed by atoms with Crippen molar-refractivity contribution in [2.24, 2.45) is 7.05 Å². The van der Waals surface area contributed by atoms with E-state index in [0.717, 1.165) is 16.9 Å². The summed E-state index contributed by atoms with van der Waals surface area (Å²) < 4.78 is 25.3. The zero-order chi connectivity index (χ0) is 17.6. The number of hydrogen-bond donors (Lipinski definition) is 0. The van der Waals surface area contributed by atoms with Gasteiger partial charge in [-0.15, -0.1) is 0 Å². The molecule has 6 nitrogen and oxygen atoms in total. The Balaban J connectivity index is 1.90. The Morgan fingerprint density at radius 3 is 2.67 bits per heavy atom. The molecule has 24 heavy (non-hydrogen) atoms. The van der Waals surface area contributed by atoms with E-state index in [1.165, 1.54) is 0 Å². The average Bonchev–Trinajstić information content (AvgIpc) is 3.05. The molecular formula is C17H23N3O3S. The largest absolute Gasteiger partial charge is 0.338 e. The third-order valence-corrected chi connectivity index (χ3v) is 6.51. The average molecular weight is 349 g/mol. The SMILES string of the molecule is CC(C)c1nc2cc(C(=O)N(C)C3CCS(=O)(=O)C3)ccc2n1C. The van der Waals surface area contributed by atoms with Crippen LogP contribution < -0.4 is 0 Å². The van der Waals surface area contributed by atoms with Crippen LogP contribution in [0.1, 0.15) is 42.4 Å². The zero-order valence-corrected chi connectivity index (χ0v) is 15.3. The number of sulfone groups is 1. The van der Waals surface area contributed by atoms with Crippen LogP contribution in [-0.4, -0.2) is 53.4 Å². The molecule has 1 aliphatic heterocycles. The molecule has 1 aliphatic rings. The summed E-state index contributed by atoms with van der Waals surface area (Å²) in [6.07, 6.45) is 0.508. The molecule has 1 amide bonds. The van der Waals surface area contributed by atoms with Crippen molar-refractivity contribution >= 4 is 26.8 Å². The lowest BCUT2D eigenvalue weighted by Crippen LogP contribution is -2.37. The van der Waals surface area contributed by atoms with Crippen LogP contribution in [0, 0.1) is 0 Å². The van der Waals surface area contributed by atoms with Crippen LogP contribution in [0.4, 0.5) is 0 Å². The minimum atomic E-state index is -3.01. The van der Waals surface area contributed by atoms with Crippen molar-refractivity contribution in [2.45, 2.75) is 32.2 Å². The fraction of sp³-hybridized carbons (Fsp3) is 0.529. The van der Waals surface area contributed by atoms with Gasteiger partial charge < -0.3 is 9.47 Å². The van der Waals surface area contributed by atoms with Crippen LogP contribution >= 0.6 is 0 Å². The predicted molar refractivity (Wildman–Crippen MR) is 94.0 cm³/mol. The van der Waals surface area contributed by atoms with Gasteiger partial charge in [-0.3, -0.25) is 4.79 Å². The molecule has 0 bridgehead atoms. The normalized spacial score (nSPS) is 20.0. The molecule has 3 rings (SSSR count). The van der Waals surface area contributed by atoms with E-state index in [9.17, 15) is 13.2 Å². The van der Waals surface area contributed by atoms with Crippen molar-refractivity contribution in [2.75, 3.05) is 18.6 Å². The molecule has 2 aromatic rings. The van der Waals surface area contributed by atoms with Crippen LogP contribution in [0.25, 0.3) is 11.0 Å². The summed E-state index contributed by atoms with van der Waals surface area (Å²) in [6, 6.07) is 5.24. The van der Waals surface area contributed by atoms with E-state index < -0.39 is 9.84 Å². The molecule has 1 unspecified atom stereocenters. The van der Waals surface area contributed by atoms with Crippen molar-refractivity contribution in [1.82, 2.24) is 14.5 Å². The molecule has 2 heterocycles. The smallest absolute Gasteiger partial charge is 0.253 e. The van der Waals surface area contributed by atoms with Crippen molar-refractivity contribution in [3.8, 4) is 0 Å². The molecule has 0 spiro atoms. The molecule has 0 N–H and O–H groups in total. The van der Waals surface area contributed by atoms with Crippen molar-refractivity contribution < 1.29 is 13.2 Å². The number of rotatable bonds is 3. The summed E-state index contributed by atoms with van der Waals surface area (Å²) in [4.78, 5) is 18.9. The molecule has 1 aromatic carbocycles. The van der Waals surface area contributed by atoms with Gasteiger partial charge in [-0.05, 0) is 24.6 Å². The van der Waals surface area contributed by atoms with E-state index in [0.29, 0.717) is 17.9 Å². The lowest BCUT2D eigenvalue weighted by molar-refractivity contribution is 0.0748. The molecule has 130 valence electrons. The molecule has 1 aromatic heterocycles. The Labute approximate surface area is 142 Å². The highest BCUT2D eigenvalue weighted by Crippen LogP contribution is 2.23. The van der Waals surface area contributed by atoms with Crippen molar-refractivity contribution in [3.63, 3.8) is 0 Å². The molecule has 1 fully saturated rings. The Bertz CT molecular complexity index is 899. The summed E-state index contributed by atoms with van der Waals surface area (Å²) in [5.41, 5.74) is 2.32. The summed E-state index contributed by atoms with van der Waals surface area (Å²) in [5.74, 6) is 1.33. The number of aromatic nitrogens is 2. The van der Waals surface area contributed by atoms with E-state index in [1.807, 2.05) is 17.7 Å². The third-order valence-electron chi connectivity index (χ3n) is 4.76. The standard InChI is InChI=1S/C17H23N3O3S/c1-11(2)16-18-14-9-12(5-6-15(14)20(16)4)17(21)19(3)13-7-8-24(22,23)10-13/h5-6,9,11,13H,7-8,10H2,1-4H3. The number of nitrogens with zero attached hydrogens (tertiary/aromatic N) is 3. The van der Waals surface area contributed by atoms with Gasteiger partial charge in [-0.2, -0.15) is 0 Å². The van der Waals surface area contributed by atoms with Gasteiger partial charge in [0.05, 0.1) is 22.5 Å². The van der Waals surface area contributed by atoms with Gasteiger partial charge in [-0.1, -0.05) is 13.8 Å². The topological polar surface area (TPSA) is 72.3 Å². The molecule has 0 radical (unpaired) electrons. The highest BCUT2D eigenvalue weighted by Gasteiger charge is 2.33. The first-order chi connectivity index (χ1) is 11.2. The number of imidazole rings is 1. The van der Waals surface area contributed by atoms with Crippen LogP contribution in [0.3, 0.4) is 0 Å². The number of carbonyl (C=O) groups excluding carboxylic acids is 1. The van der Waals surface area contributed by atoms with Gasteiger partial charge in [-0.25, -0.2) is 13.4 Å². The third kappa shape index (κ3) is 2.92. The maximum atomic E-state index is 12.7. The second-order valence-electron chi connectivity index (χ2n) is 6.86. The molecule has 1 saturated heterocycles. The first-order valence-corrected chi connectivity index (χ1v) is 9.95. The quantitative estimate of drug-likeness (QED) is 0.849. The number of amides is 1. The zero-order valence-electron chi connectivity index (χ0n) is 14.5. The maximum absolute atomic E-state index is 12.7. The van der Waals surface area contributed by atoms with Gasteiger partial charge >= 0.3 is 0 Å². The van der Waals surface area contributed by atoms with E-state index in [1.54, 1.807) is 24.1 Å². The Kier molecular flexibility index (Phi) is 4.15. The molecule has 1 atom stereocenters. The Hall–Kier alpha value is -1.89. The van der Waals surface area contributed by atoms with Gasteiger partial charge in [0.2, 0.25) is 0 Å². The van der Waals surface area contributed by atoms with Crippen LogP contribution in [0.2, 0.25) is 0 Å². The van der Waals surface area contributed by atoms with Gasteiger partial charge in [0, 0.05) is 31.6 Å². The number of fused-ring (bicyclic) bond motifs is 1. The fourth-order valence-electron chi connectivity index (χ4n) is 3.32. The van der Waals surface area contributed by atoms with Crippen LogP contribution in [-0.2, 0) is 16.9 Å². The van der Waals surface area contributed by atoms with E-state index in [-0.39, 0.29) is 23.5 Å². The number of aryl methyl sites for hydroxylation is 1. The number of carbonyl (C=O) groups is 1. The van der Waals surface area contributed by atoms with Gasteiger partial charge in [0.25, 0.3) is 5.91 Å². The Morgan fingerprint density at radius 2 is 2.08 bits per heavy atom. The monoisotopic (exact) mass is 349 g/mol. The molecule has 0 saturated carbocycles. The summed E-state index contributed by atoms with van der Waals surface area (Å²) in [6.45, 7) is 4.17. The maximum Gasteiger partial charge on any atom is 0.253 e. The lowest BCUT2D eigenvalue weighted by atomic mass is 10.1. The first-order valence-electron chi connectivity index (χ1n) is 8.13. The first kappa shape index (κ1) is 17.0. The van der Waals surface area contributed by atoms with Crippen LogP contribution in [0.5, 0.6) is 0 Å². The minimum absolute atomic E-state index is 0.0541. The van der Waals surface area contributed by atoms with Crippen LogP contribution in [0.15, 0.2) is 18.2 Å². The molecule has 7 heteroatoms. The molecule has 0 aliphatic carbocycles. The Morgan fingerprint density at radius 1 is 1.38 bits per heavy atom. The predicted octanol–water partition coefficient (Wildman–Crippen LogP) is 1.96. The minimum Gasteiger partial charge on any atom is -0.338 e. The van der Waals surface area contributed by atoms with Crippen molar-refractivity contribution in [3.05, 3.63) is 29.6 Å². The second-order valence-corrected chi connectivity index (χ2v) is 9.09. The number of hydrogen-bond acceptors (Lipinski definition) is 4. The van der Waals surface area contributed by atoms with Gasteiger partial charge in [0.15, 0.2) is 9.84 Å². The summed E-state index contributed by atoms with van der Waals surface area (Å²) in [5, 5.41) is 0. The second kappa shape index (κ2) is 5.88.